The van der Waals surface area contributed by atoms with Gasteiger partial charge in [0.25, 0.3) is 0 Å². The van der Waals surface area contributed by atoms with E-state index in [0.29, 0.717) is 12.3 Å². The van der Waals surface area contributed by atoms with Crippen molar-refractivity contribution in [3.05, 3.63) is 42.2 Å². The van der Waals surface area contributed by atoms with Gasteiger partial charge >= 0.3 is 0 Å². The van der Waals surface area contributed by atoms with Crippen LogP contribution in [0.15, 0.2) is 30.7 Å². The lowest BCUT2D eigenvalue weighted by atomic mass is 10.2. The molecule has 0 unspecified atom stereocenters. The fourth-order valence-corrected chi connectivity index (χ4v) is 1.99. The third-order valence-electron chi connectivity index (χ3n) is 2.97. The van der Waals surface area contributed by atoms with Gasteiger partial charge in [0, 0.05) is 18.3 Å². The van der Waals surface area contributed by atoms with E-state index >= 15 is 0 Å². The number of rotatable bonds is 5. The Balaban J connectivity index is 2.35. The number of anilines is 1. The number of benzene rings is 1. The first-order chi connectivity index (χ1) is 9.11. The molecular formula is C14H18FN3O. The van der Waals surface area contributed by atoms with Crippen molar-refractivity contribution in [2.24, 2.45) is 0 Å². The number of methoxy groups -OCH3 is 1. The number of aromatic nitrogens is 2. The summed E-state index contributed by atoms with van der Waals surface area (Å²) < 4.78 is 18.8. The van der Waals surface area contributed by atoms with Crippen LogP contribution in [-0.2, 0) is 6.54 Å². The average Bonchev–Trinajstić information content (AvgIpc) is 2.88. The molecule has 1 heterocycles. The number of hydrogen-bond acceptors (Lipinski definition) is 3. The van der Waals surface area contributed by atoms with Crippen LogP contribution in [0.25, 0.3) is 0 Å². The third-order valence-corrected chi connectivity index (χ3v) is 2.97. The van der Waals surface area contributed by atoms with E-state index in [-0.39, 0.29) is 11.9 Å². The van der Waals surface area contributed by atoms with Crippen LogP contribution in [0.1, 0.15) is 19.5 Å². The predicted octanol–water partition coefficient (Wildman–Crippen LogP) is 2.97. The molecule has 0 fully saturated rings. The summed E-state index contributed by atoms with van der Waals surface area (Å²) in [5.41, 5.74) is 1.71. The topological polar surface area (TPSA) is 41.1 Å². The van der Waals surface area contributed by atoms with Crippen LogP contribution in [0, 0.1) is 5.82 Å². The quantitative estimate of drug-likeness (QED) is 0.901. The van der Waals surface area contributed by atoms with Crippen molar-refractivity contribution in [2.45, 2.75) is 26.4 Å². The van der Waals surface area contributed by atoms with Gasteiger partial charge in [-0.05, 0) is 26.0 Å². The van der Waals surface area contributed by atoms with Crippen LogP contribution in [0.4, 0.5) is 10.1 Å². The van der Waals surface area contributed by atoms with Gasteiger partial charge in [0.1, 0.15) is 11.6 Å². The minimum Gasteiger partial charge on any atom is -0.495 e. The molecule has 0 aliphatic heterocycles. The molecule has 1 N–H and O–H groups in total. The van der Waals surface area contributed by atoms with Gasteiger partial charge in [-0.3, -0.25) is 0 Å². The highest BCUT2D eigenvalue weighted by Gasteiger charge is 2.17. The lowest BCUT2D eigenvalue weighted by Gasteiger charge is -2.29. The van der Waals surface area contributed by atoms with Gasteiger partial charge < -0.3 is 14.6 Å². The lowest BCUT2D eigenvalue weighted by molar-refractivity contribution is 0.411. The second-order valence-electron chi connectivity index (χ2n) is 4.61. The van der Waals surface area contributed by atoms with Gasteiger partial charge in [-0.15, -0.1) is 0 Å². The maximum Gasteiger partial charge on any atom is 0.142 e. The molecule has 0 radical (unpaired) electrons. The summed E-state index contributed by atoms with van der Waals surface area (Å²) in [5, 5.41) is 0. The van der Waals surface area contributed by atoms with Crippen molar-refractivity contribution < 1.29 is 9.13 Å². The Morgan fingerprint density at radius 3 is 2.79 bits per heavy atom. The molecule has 0 saturated carbocycles. The highest BCUT2D eigenvalue weighted by Crippen LogP contribution is 2.31. The predicted molar refractivity (Wildman–Crippen MR) is 72.9 cm³/mol. The molecule has 0 aliphatic carbocycles. The smallest absolute Gasteiger partial charge is 0.142 e. The number of ether oxygens (including phenoxy) is 1. The average molecular weight is 263 g/mol. The molecule has 0 saturated heterocycles. The van der Waals surface area contributed by atoms with Gasteiger partial charge in [0.05, 0.1) is 31.4 Å². The molecule has 1 aromatic carbocycles. The second-order valence-corrected chi connectivity index (χ2v) is 4.61. The summed E-state index contributed by atoms with van der Waals surface area (Å²) in [6.45, 7) is 4.74. The van der Waals surface area contributed by atoms with Crippen molar-refractivity contribution in [2.75, 3.05) is 12.0 Å². The minimum atomic E-state index is -0.272. The van der Waals surface area contributed by atoms with Gasteiger partial charge in [-0.1, -0.05) is 0 Å². The van der Waals surface area contributed by atoms with Crippen LogP contribution in [0.3, 0.4) is 0 Å². The fourth-order valence-electron chi connectivity index (χ4n) is 1.99. The van der Waals surface area contributed by atoms with Gasteiger partial charge in [-0.2, -0.15) is 0 Å². The fraction of sp³-hybridized carbons (Fsp3) is 0.357. The summed E-state index contributed by atoms with van der Waals surface area (Å²) in [6.07, 6.45) is 3.40. The number of nitrogens with one attached hydrogen (secondary N) is 1. The van der Waals surface area contributed by atoms with Crippen LogP contribution in [-0.4, -0.2) is 23.1 Å². The first-order valence-electron chi connectivity index (χ1n) is 6.19. The number of nitrogens with zero attached hydrogens (tertiary/aromatic N) is 2. The van der Waals surface area contributed by atoms with E-state index in [4.69, 9.17) is 4.74 Å². The molecule has 19 heavy (non-hydrogen) atoms. The summed E-state index contributed by atoms with van der Waals surface area (Å²) in [7, 11) is 1.59. The zero-order valence-electron chi connectivity index (χ0n) is 11.4. The lowest BCUT2D eigenvalue weighted by Crippen LogP contribution is -2.30. The Kier molecular flexibility index (Phi) is 4.04. The van der Waals surface area contributed by atoms with E-state index in [9.17, 15) is 4.39 Å². The Morgan fingerprint density at radius 2 is 2.21 bits per heavy atom. The molecule has 0 bridgehead atoms. The number of H-pyrrole nitrogens is 1. The number of halogens is 1. The zero-order valence-corrected chi connectivity index (χ0v) is 11.4. The Labute approximate surface area is 112 Å². The standard InChI is InChI=1S/C14H18FN3O/c1-10(2)18(8-12-7-16-9-17-12)13-6-11(15)4-5-14(13)19-3/h4-7,9-10H,8H2,1-3H3,(H,16,17). The first-order valence-corrected chi connectivity index (χ1v) is 6.19. The zero-order chi connectivity index (χ0) is 13.8. The minimum absolute atomic E-state index is 0.207. The van der Waals surface area contributed by atoms with Crippen molar-refractivity contribution in [3.8, 4) is 5.75 Å². The first kappa shape index (κ1) is 13.4. The molecule has 0 aliphatic rings. The van der Waals surface area contributed by atoms with E-state index in [1.165, 1.54) is 12.1 Å². The molecule has 4 nitrogen and oxygen atoms in total. The number of aromatic amines is 1. The number of hydrogen-bond donors (Lipinski definition) is 1. The highest BCUT2D eigenvalue weighted by molar-refractivity contribution is 5.59. The molecular weight excluding hydrogens is 245 g/mol. The highest BCUT2D eigenvalue weighted by atomic mass is 19.1. The van der Waals surface area contributed by atoms with Crippen molar-refractivity contribution in [1.82, 2.24) is 9.97 Å². The molecule has 102 valence electrons. The van der Waals surface area contributed by atoms with Gasteiger partial charge in [-0.25, -0.2) is 9.37 Å². The molecule has 0 spiro atoms. The van der Waals surface area contributed by atoms with Gasteiger partial charge in [0.15, 0.2) is 0 Å². The second kappa shape index (κ2) is 5.73. The molecule has 0 amide bonds. The number of imidazole rings is 1. The molecule has 5 heteroatoms. The maximum absolute atomic E-state index is 13.5. The van der Waals surface area contributed by atoms with Crippen molar-refractivity contribution in [3.63, 3.8) is 0 Å². The molecule has 2 rings (SSSR count). The Bertz CT molecular complexity index is 525. The van der Waals surface area contributed by atoms with Crippen LogP contribution in [0.2, 0.25) is 0 Å². The summed E-state index contributed by atoms with van der Waals surface area (Å²) >= 11 is 0. The largest absolute Gasteiger partial charge is 0.495 e. The molecule has 0 atom stereocenters. The van der Waals surface area contributed by atoms with E-state index in [1.807, 2.05) is 0 Å². The molecule has 2 aromatic rings. The summed E-state index contributed by atoms with van der Waals surface area (Å²) in [5.74, 6) is 0.390. The van der Waals surface area contributed by atoms with E-state index in [1.54, 1.807) is 25.7 Å². The van der Waals surface area contributed by atoms with Gasteiger partial charge in [0.2, 0.25) is 0 Å². The van der Waals surface area contributed by atoms with Crippen molar-refractivity contribution in [1.29, 1.82) is 0 Å². The van der Waals surface area contributed by atoms with Crippen LogP contribution in [0.5, 0.6) is 5.75 Å². The SMILES string of the molecule is COc1ccc(F)cc1N(Cc1cnc[nH]1)C(C)C. The van der Waals surface area contributed by atoms with Crippen molar-refractivity contribution >= 4 is 5.69 Å². The van der Waals surface area contributed by atoms with E-state index in [0.717, 1.165) is 11.4 Å². The summed E-state index contributed by atoms with van der Waals surface area (Å²) in [4.78, 5) is 9.12. The molecule has 1 aromatic heterocycles. The monoisotopic (exact) mass is 263 g/mol. The Hall–Kier alpha value is -2.04. The summed E-state index contributed by atoms with van der Waals surface area (Å²) in [6, 6.07) is 4.75. The third kappa shape index (κ3) is 3.05. The van der Waals surface area contributed by atoms with E-state index < -0.39 is 0 Å². The Morgan fingerprint density at radius 1 is 1.42 bits per heavy atom. The maximum atomic E-state index is 13.5. The van der Waals surface area contributed by atoms with Crippen LogP contribution >= 0.6 is 0 Å². The van der Waals surface area contributed by atoms with Crippen LogP contribution < -0.4 is 9.64 Å². The normalized spacial score (nSPS) is 10.8. The van der Waals surface area contributed by atoms with E-state index in [2.05, 4.69) is 28.7 Å².